The lowest BCUT2D eigenvalue weighted by Gasteiger charge is -2.24. The molecule has 0 bridgehead atoms. The number of carbonyl (C=O) groups excluding carboxylic acids is 1. The maximum Gasteiger partial charge on any atom is 0.327 e. The maximum atomic E-state index is 14.3. The lowest BCUT2D eigenvalue weighted by molar-refractivity contribution is -0.146. The van der Waals surface area contributed by atoms with Gasteiger partial charge in [0.1, 0.15) is 0 Å². The Hall–Kier alpha value is -2.42. The highest BCUT2D eigenvalue weighted by molar-refractivity contribution is 7.92. The molecule has 2 rings (SSSR count). The number of esters is 1. The molecule has 0 radical (unpaired) electrons. The highest BCUT2D eigenvalue weighted by atomic mass is 32.2. The van der Waals surface area contributed by atoms with Crippen LogP contribution in [0, 0.1) is 5.82 Å². The molecule has 9 heteroatoms. The summed E-state index contributed by atoms with van der Waals surface area (Å²) in [5, 5.41) is 3.85. The molecule has 7 nitrogen and oxygen atoms in total. The summed E-state index contributed by atoms with van der Waals surface area (Å²) in [5.74, 6) is -1.15. The first-order valence-electron chi connectivity index (χ1n) is 8.29. The van der Waals surface area contributed by atoms with Gasteiger partial charge in [-0.1, -0.05) is 11.2 Å². The summed E-state index contributed by atoms with van der Waals surface area (Å²) in [7, 11) is -2.37. The average molecular weight is 399 g/mol. The van der Waals surface area contributed by atoms with E-state index in [4.69, 9.17) is 14.0 Å². The molecule has 0 spiro atoms. The Bertz CT molecular complexity index is 924. The largest absolute Gasteiger partial charge is 0.494 e. The molecular formula is C18H22FNO6S. The molecule has 27 heavy (non-hydrogen) atoms. The van der Waals surface area contributed by atoms with Crippen LogP contribution in [0.5, 0.6) is 5.75 Å². The van der Waals surface area contributed by atoms with E-state index in [1.165, 1.54) is 32.2 Å². The Labute approximate surface area is 157 Å². The number of nitrogens with zero attached hydrogens (tertiary/aromatic N) is 1. The lowest BCUT2D eigenvalue weighted by Crippen LogP contribution is -2.44. The third kappa shape index (κ3) is 4.29. The summed E-state index contributed by atoms with van der Waals surface area (Å²) < 4.78 is 51.9. The first-order chi connectivity index (χ1) is 12.6. The van der Waals surface area contributed by atoms with Gasteiger partial charge in [-0.25, -0.2) is 12.8 Å². The normalized spacial score (nSPS) is 13.8. The SMILES string of the molecule is CCOC(=O)[C@@](C)(CCc1cc(-c2cccc(OC)c2F)on1)S(C)(=O)=O. The summed E-state index contributed by atoms with van der Waals surface area (Å²) in [4.78, 5) is 12.2. The van der Waals surface area contributed by atoms with Crippen LogP contribution in [0.3, 0.4) is 0 Å². The standard InChI is InChI=1S/C18H22FNO6S/c1-5-25-17(21)18(2,27(4,22)23)10-9-12-11-15(26-20-12)13-7-6-8-14(24-3)16(13)19/h6-8,11H,5,9-10H2,1-4H3/t18-/m1/s1. The van der Waals surface area contributed by atoms with E-state index in [2.05, 4.69) is 5.16 Å². The van der Waals surface area contributed by atoms with Crippen LogP contribution in [0.25, 0.3) is 11.3 Å². The molecule has 0 amide bonds. The number of hydrogen-bond acceptors (Lipinski definition) is 7. The van der Waals surface area contributed by atoms with Gasteiger partial charge in [0.05, 0.1) is 25.0 Å². The van der Waals surface area contributed by atoms with Crippen LogP contribution in [-0.4, -0.2) is 44.3 Å². The zero-order chi connectivity index (χ0) is 20.2. The van der Waals surface area contributed by atoms with Gasteiger partial charge in [0.15, 0.2) is 31.9 Å². The fourth-order valence-corrected chi connectivity index (χ4v) is 3.34. The van der Waals surface area contributed by atoms with Crippen LogP contribution in [0.1, 0.15) is 26.0 Å². The van der Waals surface area contributed by atoms with Gasteiger partial charge in [-0.3, -0.25) is 4.79 Å². The van der Waals surface area contributed by atoms with E-state index in [0.717, 1.165) is 6.26 Å². The number of aromatic nitrogens is 1. The quantitative estimate of drug-likeness (QED) is 0.630. The zero-order valence-electron chi connectivity index (χ0n) is 15.6. The molecule has 2 aromatic rings. The monoisotopic (exact) mass is 399 g/mol. The summed E-state index contributed by atoms with van der Waals surface area (Å²) in [6, 6.07) is 6.11. The van der Waals surface area contributed by atoms with Crippen molar-refractivity contribution >= 4 is 15.8 Å². The van der Waals surface area contributed by atoms with Crippen molar-refractivity contribution in [1.29, 1.82) is 0 Å². The van der Waals surface area contributed by atoms with Crippen molar-refractivity contribution < 1.29 is 31.6 Å². The van der Waals surface area contributed by atoms with Crippen LogP contribution in [0.4, 0.5) is 4.39 Å². The van der Waals surface area contributed by atoms with Crippen molar-refractivity contribution in [1.82, 2.24) is 5.16 Å². The first kappa shape index (κ1) is 20.9. The van der Waals surface area contributed by atoms with Gasteiger partial charge in [0, 0.05) is 12.3 Å². The fourth-order valence-electron chi connectivity index (χ4n) is 2.50. The summed E-state index contributed by atoms with van der Waals surface area (Å²) in [6.07, 6.45) is 1.08. The minimum Gasteiger partial charge on any atom is -0.494 e. The van der Waals surface area contributed by atoms with Crippen molar-refractivity contribution in [2.24, 2.45) is 0 Å². The van der Waals surface area contributed by atoms with Gasteiger partial charge in [-0.15, -0.1) is 0 Å². The van der Waals surface area contributed by atoms with E-state index in [1.807, 2.05) is 0 Å². The predicted molar refractivity (Wildman–Crippen MR) is 96.7 cm³/mol. The van der Waals surface area contributed by atoms with E-state index in [1.54, 1.807) is 13.0 Å². The number of halogens is 1. The molecule has 0 saturated heterocycles. The Morgan fingerprint density at radius 2 is 2.07 bits per heavy atom. The van der Waals surface area contributed by atoms with Crippen LogP contribution in [0.15, 0.2) is 28.8 Å². The summed E-state index contributed by atoms with van der Waals surface area (Å²) >= 11 is 0. The molecule has 0 aliphatic rings. The summed E-state index contributed by atoms with van der Waals surface area (Å²) in [5.41, 5.74) is 0.566. The fraction of sp³-hybridized carbons (Fsp3) is 0.444. The molecule has 0 aliphatic carbocycles. The molecule has 0 fully saturated rings. The molecule has 1 heterocycles. The van der Waals surface area contributed by atoms with Crippen molar-refractivity contribution in [2.45, 2.75) is 31.4 Å². The van der Waals surface area contributed by atoms with E-state index < -0.39 is 26.4 Å². The van der Waals surface area contributed by atoms with E-state index in [9.17, 15) is 17.6 Å². The number of hydrogen-bond donors (Lipinski definition) is 0. The van der Waals surface area contributed by atoms with Crippen molar-refractivity contribution in [3.8, 4) is 17.1 Å². The van der Waals surface area contributed by atoms with Crippen LogP contribution in [-0.2, 0) is 25.8 Å². The van der Waals surface area contributed by atoms with Gasteiger partial charge < -0.3 is 14.0 Å². The second-order valence-electron chi connectivity index (χ2n) is 6.23. The maximum absolute atomic E-state index is 14.3. The average Bonchev–Trinajstić information content (AvgIpc) is 3.07. The van der Waals surface area contributed by atoms with Gasteiger partial charge in [0.25, 0.3) is 0 Å². The van der Waals surface area contributed by atoms with Crippen molar-refractivity contribution in [3.05, 3.63) is 35.8 Å². The predicted octanol–water partition coefficient (Wildman–Crippen LogP) is 2.79. The molecule has 0 saturated carbocycles. The minimum absolute atomic E-state index is 0.0444. The van der Waals surface area contributed by atoms with Crippen LogP contribution in [0.2, 0.25) is 0 Å². The summed E-state index contributed by atoms with van der Waals surface area (Å²) in [6.45, 7) is 3.00. The second-order valence-corrected chi connectivity index (χ2v) is 8.67. The molecule has 0 N–H and O–H groups in total. The van der Waals surface area contributed by atoms with Crippen molar-refractivity contribution in [3.63, 3.8) is 0 Å². The molecule has 1 aromatic carbocycles. The molecule has 1 atom stereocenters. The molecule has 0 unspecified atom stereocenters. The smallest absolute Gasteiger partial charge is 0.327 e. The highest BCUT2D eigenvalue weighted by Gasteiger charge is 2.44. The number of rotatable bonds is 8. The topological polar surface area (TPSA) is 95.7 Å². The Kier molecular flexibility index (Phi) is 6.25. The Morgan fingerprint density at radius 1 is 1.37 bits per heavy atom. The Balaban J connectivity index is 2.24. The Morgan fingerprint density at radius 3 is 2.67 bits per heavy atom. The number of benzene rings is 1. The van der Waals surface area contributed by atoms with Gasteiger partial charge in [-0.2, -0.15) is 0 Å². The van der Waals surface area contributed by atoms with E-state index in [0.29, 0.717) is 5.69 Å². The molecule has 1 aromatic heterocycles. The lowest BCUT2D eigenvalue weighted by atomic mass is 10.0. The number of methoxy groups -OCH3 is 1. The highest BCUT2D eigenvalue weighted by Crippen LogP contribution is 2.30. The first-order valence-corrected chi connectivity index (χ1v) is 10.2. The second kappa shape index (κ2) is 8.08. The van der Waals surface area contributed by atoms with Crippen LogP contribution < -0.4 is 4.74 Å². The van der Waals surface area contributed by atoms with E-state index >= 15 is 0 Å². The number of ether oxygens (including phenoxy) is 2. The third-order valence-electron chi connectivity index (χ3n) is 4.39. The van der Waals surface area contributed by atoms with Crippen LogP contribution >= 0.6 is 0 Å². The van der Waals surface area contributed by atoms with E-state index in [-0.39, 0.29) is 36.5 Å². The molecule has 0 aliphatic heterocycles. The van der Waals surface area contributed by atoms with Gasteiger partial charge in [-0.05, 0) is 38.8 Å². The minimum atomic E-state index is -3.73. The number of sulfone groups is 1. The zero-order valence-corrected chi connectivity index (χ0v) is 16.4. The number of carbonyl (C=O) groups is 1. The van der Waals surface area contributed by atoms with Gasteiger partial charge in [0.2, 0.25) is 0 Å². The van der Waals surface area contributed by atoms with Gasteiger partial charge >= 0.3 is 5.97 Å². The number of aryl methyl sites for hydroxylation is 1. The van der Waals surface area contributed by atoms with Crippen molar-refractivity contribution in [2.75, 3.05) is 20.0 Å². The molecular weight excluding hydrogens is 377 g/mol. The third-order valence-corrected chi connectivity index (χ3v) is 6.40. The molecule has 148 valence electrons.